The fourth-order valence-corrected chi connectivity index (χ4v) is 2.68. The Kier molecular flexibility index (Phi) is 4.58. The van der Waals surface area contributed by atoms with E-state index in [0.717, 1.165) is 29.6 Å². The van der Waals surface area contributed by atoms with E-state index >= 15 is 0 Å². The minimum absolute atomic E-state index is 0.420. The first-order valence-electron chi connectivity index (χ1n) is 6.65. The van der Waals surface area contributed by atoms with Gasteiger partial charge in [-0.05, 0) is 60.9 Å². The minimum atomic E-state index is 0.420. The summed E-state index contributed by atoms with van der Waals surface area (Å²) in [7, 11) is 0. The number of halogens is 2. The van der Waals surface area contributed by atoms with E-state index in [9.17, 15) is 0 Å². The average molecular weight is 286 g/mol. The van der Waals surface area contributed by atoms with Crippen LogP contribution in [0.2, 0.25) is 10.0 Å². The van der Waals surface area contributed by atoms with Crippen LogP contribution in [0.25, 0.3) is 0 Å². The van der Waals surface area contributed by atoms with Gasteiger partial charge in [-0.25, -0.2) is 0 Å². The SMILES string of the molecule is CC(C)CNCC1(Cc2cc(Cl)ccc2Cl)CC1. The number of nitrogens with one attached hydrogen (secondary N) is 1. The van der Waals surface area contributed by atoms with Gasteiger partial charge >= 0.3 is 0 Å². The Balaban J connectivity index is 1.94. The zero-order valence-corrected chi connectivity index (χ0v) is 12.6. The molecule has 1 N–H and O–H groups in total. The van der Waals surface area contributed by atoms with Gasteiger partial charge < -0.3 is 5.32 Å². The molecule has 100 valence electrons. The zero-order chi connectivity index (χ0) is 13.2. The minimum Gasteiger partial charge on any atom is -0.316 e. The summed E-state index contributed by atoms with van der Waals surface area (Å²) in [5.74, 6) is 0.704. The Hall–Kier alpha value is -0.240. The van der Waals surface area contributed by atoms with Crippen LogP contribution >= 0.6 is 23.2 Å². The number of rotatable bonds is 6. The standard InChI is InChI=1S/C15H21Cl2N/c1-11(2)9-18-10-15(5-6-15)8-12-7-13(16)3-4-14(12)17/h3-4,7,11,18H,5-6,8-10H2,1-2H3. The van der Waals surface area contributed by atoms with Crippen LogP contribution in [-0.2, 0) is 6.42 Å². The average Bonchev–Trinajstić information content (AvgIpc) is 3.03. The summed E-state index contributed by atoms with van der Waals surface area (Å²) in [5.41, 5.74) is 1.61. The van der Waals surface area contributed by atoms with Crippen LogP contribution in [0.5, 0.6) is 0 Å². The Bertz CT molecular complexity index is 411. The second-order valence-electron chi connectivity index (χ2n) is 5.94. The lowest BCUT2D eigenvalue weighted by atomic mass is 9.96. The van der Waals surface area contributed by atoms with Crippen molar-refractivity contribution in [2.45, 2.75) is 33.1 Å². The molecule has 18 heavy (non-hydrogen) atoms. The third kappa shape index (κ3) is 3.88. The predicted molar refractivity (Wildman–Crippen MR) is 79.5 cm³/mol. The molecular formula is C15H21Cl2N. The molecule has 1 aliphatic carbocycles. The summed E-state index contributed by atoms with van der Waals surface area (Å²) in [4.78, 5) is 0. The fourth-order valence-electron chi connectivity index (χ4n) is 2.30. The van der Waals surface area contributed by atoms with Crippen molar-refractivity contribution in [1.29, 1.82) is 0 Å². The van der Waals surface area contributed by atoms with E-state index in [1.165, 1.54) is 18.4 Å². The molecule has 1 aliphatic rings. The molecule has 0 aromatic heterocycles. The van der Waals surface area contributed by atoms with Gasteiger partial charge in [-0.2, -0.15) is 0 Å². The van der Waals surface area contributed by atoms with Crippen LogP contribution in [0.4, 0.5) is 0 Å². The van der Waals surface area contributed by atoms with Gasteiger partial charge in [-0.1, -0.05) is 37.0 Å². The molecular weight excluding hydrogens is 265 g/mol. The lowest BCUT2D eigenvalue weighted by Gasteiger charge is -2.18. The topological polar surface area (TPSA) is 12.0 Å². The lowest BCUT2D eigenvalue weighted by Crippen LogP contribution is -2.28. The van der Waals surface area contributed by atoms with E-state index in [4.69, 9.17) is 23.2 Å². The largest absolute Gasteiger partial charge is 0.316 e. The molecule has 0 radical (unpaired) electrons. The van der Waals surface area contributed by atoms with Crippen molar-refractivity contribution in [2.75, 3.05) is 13.1 Å². The molecule has 1 aromatic rings. The Morgan fingerprint density at radius 1 is 1.28 bits per heavy atom. The maximum atomic E-state index is 6.24. The molecule has 0 heterocycles. The Morgan fingerprint density at radius 3 is 2.61 bits per heavy atom. The van der Waals surface area contributed by atoms with Crippen LogP contribution < -0.4 is 5.32 Å². The fraction of sp³-hybridized carbons (Fsp3) is 0.600. The van der Waals surface area contributed by atoms with Gasteiger partial charge in [0.25, 0.3) is 0 Å². The predicted octanol–water partition coefficient (Wildman–Crippen LogP) is 4.56. The van der Waals surface area contributed by atoms with Crippen LogP contribution in [0.1, 0.15) is 32.3 Å². The van der Waals surface area contributed by atoms with E-state index in [-0.39, 0.29) is 0 Å². The summed E-state index contributed by atoms with van der Waals surface area (Å²) < 4.78 is 0. The molecule has 0 aliphatic heterocycles. The monoisotopic (exact) mass is 285 g/mol. The zero-order valence-electron chi connectivity index (χ0n) is 11.1. The third-order valence-corrected chi connectivity index (χ3v) is 4.19. The lowest BCUT2D eigenvalue weighted by molar-refractivity contribution is 0.432. The molecule has 1 aromatic carbocycles. The molecule has 0 amide bonds. The summed E-state index contributed by atoms with van der Waals surface area (Å²) in [6.07, 6.45) is 3.62. The summed E-state index contributed by atoms with van der Waals surface area (Å²) in [5, 5.41) is 5.19. The second kappa shape index (κ2) is 5.81. The highest BCUT2D eigenvalue weighted by atomic mass is 35.5. The first-order chi connectivity index (χ1) is 8.51. The van der Waals surface area contributed by atoms with Crippen molar-refractivity contribution in [3.05, 3.63) is 33.8 Å². The molecule has 2 rings (SSSR count). The van der Waals surface area contributed by atoms with Gasteiger partial charge in [0.15, 0.2) is 0 Å². The van der Waals surface area contributed by atoms with Gasteiger partial charge in [0.1, 0.15) is 0 Å². The summed E-state index contributed by atoms with van der Waals surface area (Å²) in [6.45, 7) is 6.65. The van der Waals surface area contributed by atoms with Gasteiger partial charge in [0.2, 0.25) is 0 Å². The van der Waals surface area contributed by atoms with Crippen molar-refractivity contribution in [3.63, 3.8) is 0 Å². The molecule has 0 bridgehead atoms. The number of benzene rings is 1. The van der Waals surface area contributed by atoms with Gasteiger partial charge in [-0.3, -0.25) is 0 Å². The molecule has 0 unspecified atom stereocenters. The highest BCUT2D eigenvalue weighted by Crippen LogP contribution is 2.48. The molecule has 0 atom stereocenters. The van der Waals surface area contributed by atoms with Gasteiger partial charge in [-0.15, -0.1) is 0 Å². The van der Waals surface area contributed by atoms with E-state index < -0.39 is 0 Å². The molecule has 1 saturated carbocycles. The number of hydrogen-bond acceptors (Lipinski definition) is 1. The smallest absolute Gasteiger partial charge is 0.0439 e. The van der Waals surface area contributed by atoms with E-state index in [0.29, 0.717) is 11.3 Å². The van der Waals surface area contributed by atoms with Crippen molar-refractivity contribution >= 4 is 23.2 Å². The van der Waals surface area contributed by atoms with Crippen LogP contribution in [0.3, 0.4) is 0 Å². The van der Waals surface area contributed by atoms with E-state index in [1.807, 2.05) is 18.2 Å². The van der Waals surface area contributed by atoms with Gasteiger partial charge in [0, 0.05) is 16.6 Å². The van der Waals surface area contributed by atoms with E-state index in [2.05, 4.69) is 19.2 Å². The van der Waals surface area contributed by atoms with Crippen molar-refractivity contribution < 1.29 is 0 Å². The highest BCUT2D eigenvalue weighted by molar-refractivity contribution is 6.33. The molecule has 3 heteroatoms. The summed E-state index contributed by atoms with van der Waals surface area (Å²) in [6, 6.07) is 5.76. The maximum Gasteiger partial charge on any atom is 0.0439 e. The third-order valence-electron chi connectivity index (χ3n) is 3.58. The Morgan fingerprint density at radius 2 is 2.00 bits per heavy atom. The van der Waals surface area contributed by atoms with Crippen LogP contribution in [-0.4, -0.2) is 13.1 Å². The first-order valence-corrected chi connectivity index (χ1v) is 7.41. The molecule has 1 fully saturated rings. The Labute approximate surface area is 120 Å². The molecule has 0 saturated heterocycles. The molecule has 0 spiro atoms. The van der Waals surface area contributed by atoms with Gasteiger partial charge in [0.05, 0.1) is 0 Å². The second-order valence-corrected chi connectivity index (χ2v) is 6.78. The molecule has 1 nitrogen and oxygen atoms in total. The highest BCUT2D eigenvalue weighted by Gasteiger charge is 2.42. The van der Waals surface area contributed by atoms with Crippen LogP contribution in [0.15, 0.2) is 18.2 Å². The summed E-state index contributed by atoms with van der Waals surface area (Å²) >= 11 is 12.3. The normalized spacial score (nSPS) is 17.2. The maximum absolute atomic E-state index is 6.24. The number of hydrogen-bond donors (Lipinski definition) is 1. The quantitative estimate of drug-likeness (QED) is 0.808. The first kappa shape index (κ1) is 14.2. The van der Waals surface area contributed by atoms with Crippen molar-refractivity contribution in [2.24, 2.45) is 11.3 Å². The van der Waals surface area contributed by atoms with Crippen molar-refractivity contribution in [1.82, 2.24) is 5.32 Å². The van der Waals surface area contributed by atoms with E-state index in [1.54, 1.807) is 0 Å². The van der Waals surface area contributed by atoms with Crippen molar-refractivity contribution in [3.8, 4) is 0 Å². The van der Waals surface area contributed by atoms with Crippen LogP contribution in [0, 0.1) is 11.3 Å².